The van der Waals surface area contributed by atoms with E-state index in [-0.39, 0.29) is 5.92 Å². The Bertz CT molecular complexity index is 709. The zero-order valence-electron chi connectivity index (χ0n) is 18.9. The Morgan fingerprint density at radius 2 is 1.90 bits per heavy atom. The zero-order valence-corrected chi connectivity index (χ0v) is 18.9. The third-order valence-corrected chi connectivity index (χ3v) is 10.3. The first-order valence-corrected chi connectivity index (χ1v) is 12.1. The molecule has 8 atom stereocenters. The van der Waals surface area contributed by atoms with E-state index in [4.69, 9.17) is 5.11 Å². The molecular formula is C26H40O3. The number of carbonyl (C=O) groups excluding carboxylic acids is 1. The summed E-state index contributed by atoms with van der Waals surface area (Å²) in [5, 5.41) is 9.12. The van der Waals surface area contributed by atoms with Gasteiger partial charge in [-0.1, -0.05) is 32.4 Å². The lowest BCUT2D eigenvalue weighted by Gasteiger charge is -2.58. The smallest absolute Gasteiger partial charge is 0.303 e. The fourth-order valence-electron chi connectivity index (χ4n) is 8.54. The third-order valence-electron chi connectivity index (χ3n) is 10.3. The number of carboxylic acids is 1. The molecule has 3 heteroatoms. The summed E-state index contributed by atoms with van der Waals surface area (Å²) in [5.74, 6) is 3.52. The van der Waals surface area contributed by atoms with Crippen LogP contribution in [0.4, 0.5) is 0 Å². The third kappa shape index (κ3) is 3.41. The van der Waals surface area contributed by atoms with E-state index in [1.165, 1.54) is 38.5 Å². The number of Topliss-reactive ketones (excluding diaryl/α,β-unsaturated/α-hetero) is 1. The summed E-state index contributed by atoms with van der Waals surface area (Å²) < 4.78 is 0. The quantitative estimate of drug-likeness (QED) is 0.553. The molecule has 3 fully saturated rings. The monoisotopic (exact) mass is 400 g/mol. The number of rotatable bonds is 5. The van der Waals surface area contributed by atoms with Crippen LogP contribution in [-0.4, -0.2) is 16.9 Å². The van der Waals surface area contributed by atoms with Crippen LogP contribution < -0.4 is 0 Å². The SMILES string of the molecule is CC(=O)C1CCC2(C)C(=CCC3C2CCC2(C)C(C(C)CCC(=O)O)CCC32)C1. The molecule has 3 saturated carbocycles. The van der Waals surface area contributed by atoms with Crippen molar-refractivity contribution in [2.24, 2.45) is 46.3 Å². The molecule has 4 aliphatic carbocycles. The maximum absolute atomic E-state index is 12.0. The second-order valence-corrected chi connectivity index (χ2v) is 11.4. The van der Waals surface area contributed by atoms with Gasteiger partial charge in [0.1, 0.15) is 5.78 Å². The number of aliphatic carboxylic acids is 1. The van der Waals surface area contributed by atoms with Gasteiger partial charge in [0.05, 0.1) is 0 Å². The van der Waals surface area contributed by atoms with Crippen molar-refractivity contribution in [3.63, 3.8) is 0 Å². The first-order valence-electron chi connectivity index (χ1n) is 12.1. The van der Waals surface area contributed by atoms with Crippen molar-refractivity contribution in [3.05, 3.63) is 11.6 Å². The van der Waals surface area contributed by atoms with Crippen LogP contribution in [0, 0.1) is 46.3 Å². The highest BCUT2D eigenvalue weighted by Gasteiger charge is 2.59. The minimum atomic E-state index is -0.653. The van der Waals surface area contributed by atoms with Gasteiger partial charge >= 0.3 is 5.97 Å². The lowest BCUT2D eigenvalue weighted by molar-refractivity contribution is -0.137. The molecule has 29 heavy (non-hydrogen) atoms. The molecule has 0 aromatic rings. The standard InChI is InChI=1S/C26H40O3/c1-16(5-10-24(28)29)21-8-9-22-20-7-6-19-15-18(17(2)27)11-13-25(19,3)23(20)12-14-26(21,22)4/h6,16,18,20-23H,5,7-15H2,1-4H3,(H,28,29). The number of carboxylic acid groups (broad SMARTS) is 1. The summed E-state index contributed by atoms with van der Waals surface area (Å²) in [7, 11) is 0. The lowest BCUT2D eigenvalue weighted by atomic mass is 9.46. The minimum Gasteiger partial charge on any atom is -0.481 e. The lowest BCUT2D eigenvalue weighted by Crippen LogP contribution is -2.50. The molecule has 0 aliphatic heterocycles. The summed E-state index contributed by atoms with van der Waals surface area (Å²) in [6.45, 7) is 9.12. The molecule has 0 amide bonds. The summed E-state index contributed by atoms with van der Waals surface area (Å²) in [5.41, 5.74) is 2.29. The van der Waals surface area contributed by atoms with Crippen LogP contribution in [0.2, 0.25) is 0 Å². The zero-order chi connectivity index (χ0) is 21.0. The van der Waals surface area contributed by atoms with Crippen molar-refractivity contribution in [2.45, 2.75) is 91.9 Å². The van der Waals surface area contributed by atoms with Gasteiger partial charge in [-0.15, -0.1) is 0 Å². The molecule has 0 heterocycles. The predicted octanol–water partition coefficient (Wildman–Crippen LogP) is 6.27. The largest absolute Gasteiger partial charge is 0.481 e. The molecule has 0 spiro atoms. The molecule has 0 radical (unpaired) electrons. The Morgan fingerprint density at radius 1 is 1.14 bits per heavy atom. The van der Waals surface area contributed by atoms with Gasteiger partial charge in [0, 0.05) is 12.3 Å². The van der Waals surface area contributed by atoms with Crippen molar-refractivity contribution in [2.75, 3.05) is 0 Å². The Kier molecular flexibility index (Phi) is 5.49. The first-order chi connectivity index (χ1) is 13.7. The Balaban J connectivity index is 1.53. The fourth-order valence-corrected chi connectivity index (χ4v) is 8.54. The van der Waals surface area contributed by atoms with E-state index in [0.717, 1.165) is 37.0 Å². The van der Waals surface area contributed by atoms with Crippen LogP contribution in [0.1, 0.15) is 91.9 Å². The normalized spacial score (nSPS) is 44.8. The Labute approximate surface area is 176 Å². The van der Waals surface area contributed by atoms with Crippen molar-refractivity contribution in [1.82, 2.24) is 0 Å². The van der Waals surface area contributed by atoms with E-state index >= 15 is 0 Å². The number of fused-ring (bicyclic) bond motifs is 5. The van der Waals surface area contributed by atoms with Gasteiger partial charge < -0.3 is 5.11 Å². The van der Waals surface area contributed by atoms with Crippen LogP contribution in [0.3, 0.4) is 0 Å². The highest BCUT2D eigenvalue weighted by Crippen LogP contribution is 2.67. The molecule has 3 nitrogen and oxygen atoms in total. The fraction of sp³-hybridized carbons (Fsp3) is 0.846. The molecule has 0 saturated heterocycles. The topological polar surface area (TPSA) is 54.4 Å². The average molecular weight is 401 g/mol. The number of hydrogen-bond acceptors (Lipinski definition) is 2. The molecule has 8 unspecified atom stereocenters. The highest BCUT2D eigenvalue weighted by atomic mass is 16.4. The van der Waals surface area contributed by atoms with Crippen molar-refractivity contribution < 1.29 is 14.7 Å². The number of allylic oxidation sites excluding steroid dienone is 2. The second-order valence-electron chi connectivity index (χ2n) is 11.4. The summed E-state index contributed by atoms with van der Waals surface area (Å²) in [6.07, 6.45) is 13.4. The van der Waals surface area contributed by atoms with Gasteiger partial charge in [0.15, 0.2) is 0 Å². The molecule has 0 aromatic carbocycles. The van der Waals surface area contributed by atoms with Crippen LogP contribution in [0.25, 0.3) is 0 Å². The van der Waals surface area contributed by atoms with Crippen LogP contribution in [-0.2, 0) is 9.59 Å². The van der Waals surface area contributed by atoms with Crippen molar-refractivity contribution in [3.8, 4) is 0 Å². The van der Waals surface area contributed by atoms with Crippen LogP contribution >= 0.6 is 0 Å². The van der Waals surface area contributed by atoms with Gasteiger partial charge in [0.25, 0.3) is 0 Å². The van der Waals surface area contributed by atoms with Gasteiger partial charge in [-0.05, 0) is 105 Å². The van der Waals surface area contributed by atoms with Crippen LogP contribution in [0.15, 0.2) is 11.6 Å². The van der Waals surface area contributed by atoms with Crippen LogP contribution in [0.5, 0.6) is 0 Å². The van der Waals surface area contributed by atoms with Gasteiger partial charge in [-0.25, -0.2) is 0 Å². The van der Waals surface area contributed by atoms with Gasteiger partial charge in [-0.3, -0.25) is 9.59 Å². The maximum Gasteiger partial charge on any atom is 0.303 e. The first kappa shape index (κ1) is 21.1. The van der Waals surface area contributed by atoms with E-state index in [2.05, 4.69) is 26.8 Å². The van der Waals surface area contributed by atoms with E-state index in [0.29, 0.717) is 34.9 Å². The number of ketones is 1. The Hall–Kier alpha value is -1.12. The highest BCUT2D eigenvalue weighted by molar-refractivity contribution is 5.78. The van der Waals surface area contributed by atoms with E-state index in [1.54, 1.807) is 12.5 Å². The Morgan fingerprint density at radius 3 is 2.59 bits per heavy atom. The van der Waals surface area contributed by atoms with E-state index in [9.17, 15) is 9.59 Å². The number of hydrogen-bond donors (Lipinski definition) is 1. The summed E-state index contributed by atoms with van der Waals surface area (Å²) in [4.78, 5) is 23.1. The van der Waals surface area contributed by atoms with Gasteiger partial charge in [0.2, 0.25) is 0 Å². The van der Waals surface area contributed by atoms with E-state index < -0.39 is 5.97 Å². The minimum absolute atomic E-state index is 0.255. The second kappa shape index (κ2) is 7.54. The molecular weight excluding hydrogens is 360 g/mol. The maximum atomic E-state index is 12.0. The van der Waals surface area contributed by atoms with Gasteiger partial charge in [-0.2, -0.15) is 0 Å². The molecule has 4 aliphatic rings. The molecule has 0 aromatic heterocycles. The molecule has 4 rings (SSSR count). The van der Waals surface area contributed by atoms with Crippen molar-refractivity contribution >= 4 is 11.8 Å². The number of carbonyl (C=O) groups is 2. The average Bonchev–Trinajstić information content (AvgIpc) is 3.02. The molecule has 162 valence electrons. The van der Waals surface area contributed by atoms with Crippen molar-refractivity contribution in [1.29, 1.82) is 0 Å². The summed E-state index contributed by atoms with van der Waals surface area (Å²) >= 11 is 0. The van der Waals surface area contributed by atoms with E-state index in [1.807, 2.05) is 0 Å². The molecule has 0 bridgehead atoms. The molecule has 1 N–H and O–H groups in total. The predicted molar refractivity (Wildman–Crippen MR) is 115 cm³/mol. The summed E-state index contributed by atoms with van der Waals surface area (Å²) in [6, 6.07) is 0.